The van der Waals surface area contributed by atoms with E-state index in [0.717, 1.165) is 5.56 Å². The summed E-state index contributed by atoms with van der Waals surface area (Å²) in [6.45, 7) is 7.23. The Kier molecular flexibility index (Phi) is 10.9. The number of amides is 1. The van der Waals surface area contributed by atoms with Gasteiger partial charge in [-0.2, -0.15) is 5.10 Å². The molecule has 0 heterocycles. The van der Waals surface area contributed by atoms with E-state index in [1.807, 2.05) is 26.8 Å². The Morgan fingerprint density at radius 2 is 1.59 bits per heavy atom. The Morgan fingerprint density at radius 1 is 0.892 bits per heavy atom. The van der Waals surface area contributed by atoms with Gasteiger partial charge < -0.3 is 18.9 Å². The van der Waals surface area contributed by atoms with E-state index in [2.05, 4.69) is 26.5 Å². The number of carbonyl (C=O) groups excluding carboxylic acids is 1. The summed E-state index contributed by atoms with van der Waals surface area (Å²) in [6, 6.07) is 13.8. The van der Waals surface area contributed by atoms with Crippen molar-refractivity contribution in [3.63, 3.8) is 0 Å². The number of carbonyl (C=O) groups is 1. The van der Waals surface area contributed by atoms with Crippen LogP contribution in [0.2, 0.25) is 10.0 Å². The maximum absolute atomic E-state index is 12.6. The predicted molar refractivity (Wildman–Crippen MR) is 150 cm³/mol. The molecule has 0 saturated heterocycles. The summed E-state index contributed by atoms with van der Waals surface area (Å²) in [5, 5.41) is 5.16. The van der Waals surface area contributed by atoms with Crippen LogP contribution in [0.4, 0.5) is 0 Å². The lowest BCUT2D eigenvalue weighted by Crippen LogP contribution is -2.17. The van der Waals surface area contributed by atoms with E-state index in [-0.39, 0.29) is 12.5 Å². The molecule has 10 heteroatoms. The van der Waals surface area contributed by atoms with Gasteiger partial charge in [-0.25, -0.2) is 5.43 Å². The SMILES string of the molecule is CCOc1ccc(C(=O)N/N=C/c2cc(Br)c(OCc3ccc(Cl)cc3Cl)c(OCC)c2)cc1OCC. The minimum atomic E-state index is -0.385. The van der Waals surface area contributed by atoms with Gasteiger partial charge in [-0.1, -0.05) is 29.3 Å². The molecule has 0 radical (unpaired) electrons. The molecule has 3 aromatic carbocycles. The highest BCUT2D eigenvalue weighted by atomic mass is 79.9. The summed E-state index contributed by atoms with van der Waals surface area (Å²) in [5.41, 5.74) is 4.40. The quantitative estimate of drug-likeness (QED) is 0.172. The topological polar surface area (TPSA) is 78.4 Å². The van der Waals surface area contributed by atoms with Crippen LogP contribution < -0.4 is 24.4 Å². The van der Waals surface area contributed by atoms with Crippen molar-refractivity contribution in [2.24, 2.45) is 5.10 Å². The number of benzene rings is 3. The molecule has 0 atom stereocenters. The second kappa shape index (κ2) is 14.1. The summed E-state index contributed by atoms with van der Waals surface area (Å²) in [7, 11) is 0. The zero-order valence-corrected chi connectivity index (χ0v) is 23.7. The lowest BCUT2D eigenvalue weighted by Gasteiger charge is -2.15. The molecule has 0 fully saturated rings. The maximum atomic E-state index is 12.6. The lowest BCUT2D eigenvalue weighted by molar-refractivity contribution is 0.0954. The number of hydrogen-bond donors (Lipinski definition) is 1. The third-order valence-corrected chi connectivity index (χ3v) is 6.08. The zero-order chi connectivity index (χ0) is 26.8. The third-order valence-electron chi connectivity index (χ3n) is 4.90. The van der Waals surface area contributed by atoms with Crippen LogP contribution in [0.3, 0.4) is 0 Å². The van der Waals surface area contributed by atoms with Gasteiger partial charge in [0, 0.05) is 21.2 Å². The molecule has 0 unspecified atom stereocenters. The first-order valence-electron chi connectivity index (χ1n) is 11.6. The highest BCUT2D eigenvalue weighted by Gasteiger charge is 2.14. The predicted octanol–water partition coefficient (Wildman–Crippen LogP) is 7.29. The average molecular weight is 610 g/mol. The van der Waals surface area contributed by atoms with Crippen molar-refractivity contribution >= 4 is 51.3 Å². The zero-order valence-electron chi connectivity index (χ0n) is 20.6. The summed E-state index contributed by atoms with van der Waals surface area (Å²) in [5.74, 6) is 1.73. The molecular weight excluding hydrogens is 583 g/mol. The third kappa shape index (κ3) is 8.02. The summed E-state index contributed by atoms with van der Waals surface area (Å²) in [4.78, 5) is 12.6. The smallest absolute Gasteiger partial charge is 0.271 e. The summed E-state index contributed by atoms with van der Waals surface area (Å²) < 4.78 is 23.6. The fourth-order valence-electron chi connectivity index (χ4n) is 3.28. The van der Waals surface area contributed by atoms with Gasteiger partial charge in [0.25, 0.3) is 5.91 Å². The normalized spacial score (nSPS) is 10.9. The number of nitrogens with zero attached hydrogens (tertiary/aromatic N) is 1. The molecule has 1 N–H and O–H groups in total. The van der Waals surface area contributed by atoms with E-state index in [9.17, 15) is 4.79 Å². The number of rotatable bonds is 12. The Balaban J connectivity index is 1.73. The van der Waals surface area contributed by atoms with Crippen molar-refractivity contribution < 1.29 is 23.7 Å². The van der Waals surface area contributed by atoms with E-state index in [4.69, 9.17) is 42.1 Å². The number of halogens is 3. The van der Waals surface area contributed by atoms with Crippen LogP contribution in [-0.2, 0) is 6.61 Å². The largest absolute Gasteiger partial charge is 0.490 e. The number of ether oxygens (including phenoxy) is 4. The summed E-state index contributed by atoms with van der Waals surface area (Å²) in [6.07, 6.45) is 1.52. The Hall–Kier alpha value is -2.94. The van der Waals surface area contributed by atoms with Gasteiger partial charge in [0.2, 0.25) is 0 Å². The first-order chi connectivity index (χ1) is 17.9. The van der Waals surface area contributed by atoms with Crippen LogP contribution in [0.5, 0.6) is 23.0 Å². The number of nitrogens with one attached hydrogen (secondary N) is 1. The summed E-state index contributed by atoms with van der Waals surface area (Å²) >= 11 is 15.8. The monoisotopic (exact) mass is 608 g/mol. The first kappa shape index (κ1) is 28.6. The van der Waals surface area contributed by atoms with Crippen LogP contribution in [0.1, 0.15) is 42.3 Å². The van der Waals surface area contributed by atoms with Gasteiger partial charge in [-0.15, -0.1) is 0 Å². The van der Waals surface area contributed by atoms with Crippen LogP contribution in [0, 0.1) is 0 Å². The number of hydrogen-bond acceptors (Lipinski definition) is 6. The molecule has 0 aliphatic carbocycles. The van der Waals surface area contributed by atoms with E-state index >= 15 is 0 Å². The molecule has 3 rings (SSSR count). The van der Waals surface area contributed by atoms with E-state index in [1.54, 1.807) is 42.5 Å². The van der Waals surface area contributed by atoms with Crippen molar-refractivity contribution in [1.82, 2.24) is 5.43 Å². The fourth-order valence-corrected chi connectivity index (χ4v) is 4.31. The molecular formula is C27H27BrCl2N2O5. The second-order valence-electron chi connectivity index (χ2n) is 7.51. The molecule has 0 aromatic heterocycles. The minimum Gasteiger partial charge on any atom is -0.490 e. The van der Waals surface area contributed by atoms with Gasteiger partial charge in [-0.05, 0) is 84.7 Å². The van der Waals surface area contributed by atoms with E-state index in [0.29, 0.717) is 68.5 Å². The molecule has 1 amide bonds. The van der Waals surface area contributed by atoms with E-state index in [1.165, 1.54) is 6.21 Å². The Bertz CT molecular complexity index is 1270. The lowest BCUT2D eigenvalue weighted by atomic mass is 10.2. The maximum Gasteiger partial charge on any atom is 0.271 e. The van der Waals surface area contributed by atoms with Gasteiger partial charge >= 0.3 is 0 Å². The molecule has 0 saturated carbocycles. The van der Waals surface area contributed by atoms with Gasteiger partial charge in [0.1, 0.15) is 6.61 Å². The molecule has 3 aromatic rings. The Labute approximate surface area is 234 Å². The van der Waals surface area contributed by atoms with Crippen LogP contribution in [0.15, 0.2) is 58.1 Å². The highest BCUT2D eigenvalue weighted by molar-refractivity contribution is 9.10. The molecule has 196 valence electrons. The highest BCUT2D eigenvalue weighted by Crippen LogP contribution is 2.37. The molecule has 0 aliphatic heterocycles. The van der Waals surface area contributed by atoms with Crippen molar-refractivity contribution in [1.29, 1.82) is 0 Å². The molecule has 0 spiro atoms. The van der Waals surface area contributed by atoms with E-state index < -0.39 is 0 Å². The first-order valence-corrected chi connectivity index (χ1v) is 13.2. The van der Waals surface area contributed by atoms with Crippen molar-refractivity contribution in [3.05, 3.63) is 79.7 Å². The van der Waals surface area contributed by atoms with Crippen LogP contribution in [-0.4, -0.2) is 31.9 Å². The molecule has 0 bridgehead atoms. The number of hydrazone groups is 1. The van der Waals surface area contributed by atoms with Crippen molar-refractivity contribution in [3.8, 4) is 23.0 Å². The second-order valence-corrected chi connectivity index (χ2v) is 9.21. The minimum absolute atomic E-state index is 0.226. The Morgan fingerprint density at radius 3 is 2.30 bits per heavy atom. The van der Waals surface area contributed by atoms with Gasteiger partial charge in [0.05, 0.1) is 30.5 Å². The van der Waals surface area contributed by atoms with Gasteiger partial charge in [-0.3, -0.25) is 4.79 Å². The van der Waals surface area contributed by atoms with Gasteiger partial charge in [0.15, 0.2) is 23.0 Å². The standard InChI is InChI=1S/C27H27BrCl2N2O5/c1-4-34-23-10-8-18(13-24(23)35-5-2)27(33)32-31-15-17-11-21(28)26(25(12-17)36-6-3)37-16-19-7-9-20(29)14-22(19)30/h7-15H,4-6,16H2,1-3H3,(H,32,33)/b31-15+. The van der Waals surface area contributed by atoms with Crippen LogP contribution >= 0.6 is 39.1 Å². The molecule has 0 aliphatic rings. The fraction of sp³-hybridized carbons (Fsp3) is 0.259. The van der Waals surface area contributed by atoms with Crippen LogP contribution in [0.25, 0.3) is 0 Å². The van der Waals surface area contributed by atoms with Crippen molar-refractivity contribution in [2.75, 3.05) is 19.8 Å². The average Bonchev–Trinajstić information content (AvgIpc) is 2.86. The molecule has 37 heavy (non-hydrogen) atoms. The molecule has 7 nitrogen and oxygen atoms in total. The van der Waals surface area contributed by atoms with Crippen molar-refractivity contribution in [2.45, 2.75) is 27.4 Å².